The fraction of sp³-hybridized carbons (Fsp3) is 0.700. The molecule has 8 nitrogen and oxygen atoms in total. The maximum Gasteiger partial charge on any atom is 0.326 e. The maximum absolute atomic E-state index is 11.3. The second-order valence-electron chi connectivity index (χ2n) is 3.67. The van der Waals surface area contributed by atoms with Crippen molar-refractivity contribution < 1.29 is 19.5 Å². The average Bonchev–Trinajstić information content (AvgIpc) is 2.27. The predicted molar refractivity (Wildman–Crippen MR) is 64.9 cm³/mol. The SMILES string of the molecule is CCNCCCNC(=O)NC(CC(N)=O)C(=O)O. The van der Waals surface area contributed by atoms with Crippen LogP contribution in [0.4, 0.5) is 4.79 Å². The molecule has 0 aliphatic carbocycles. The number of amides is 3. The molecule has 0 fully saturated rings. The standard InChI is InChI=1S/C10H20N4O4/c1-2-12-4-3-5-13-10(18)14-7(9(16)17)6-8(11)15/h7,12H,2-6H2,1H3,(H2,11,15)(H,16,17)(H2,13,14,18). The molecule has 104 valence electrons. The molecule has 18 heavy (non-hydrogen) atoms. The third-order valence-electron chi connectivity index (χ3n) is 2.07. The van der Waals surface area contributed by atoms with Gasteiger partial charge in [0.05, 0.1) is 6.42 Å². The van der Waals surface area contributed by atoms with Crippen molar-refractivity contribution in [2.75, 3.05) is 19.6 Å². The molecule has 0 saturated carbocycles. The van der Waals surface area contributed by atoms with E-state index in [0.29, 0.717) is 6.54 Å². The lowest BCUT2D eigenvalue weighted by Crippen LogP contribution is -2.48. The lowest BCUT2D eigenvalue weighted by Gasteiger charge is -2.13. The van der Waals surface area contributed by atoms with Crippen molar-refractivity contribution in [3.05, 3.63) is 0 Å². The molecule has 0 rings (SSSR count). The van der Waals surface area contributed by atoms with Gasteiger partial charge in [-0.05, 0) is 19.5 Å². The third-order valence-corrected chi connectivity index (χ3v) is 2.07. The molecular formula is C10H20N4O4. The minimum absolute atomic E-state index is 0.418. The summed E-state index contributed by atoms with van der Waals surface area (Å²) in [7, 11) is 0. The first-order valence-electron chi connectivity index (χ1n) is 5.73. The summed E-state index contributed by atoms with van der Waals surface area (Å²) in [6.07, 6.45) is 0.301. The monoisotopic (exact) mass is 260 g/mol. The van der Waals surface area contributed by atoms with E-state index >= 15 is 0 Å². The van der Waals surface area contributed by atoms with Crippen molar-refractivity contribution in [3.8, 4) is 0 Å². The molecule has 1 atom stereocenters. The number of aliphatic carboxylic acids is 1. The molecule has 0 aromatic carbocycles. The van der Waals surface area contributed by atoms with E-state index in [1.165, 1.54) is 0 Å². The zero-order valence-electron chi connectivity index (χ0n) is 10.4. The van der Waals surface area contributed by atoms with E-state index in [9.17, 15) is 14.4 Å². The highest BCUT2D eigenvalue weighted by molar-refractivity contribution is 5.87. The average molecular weight is 260 g/mol. The van der Waals surface area contributed by atoms with Crippen molar-refractivity contribution in [2.24, 2.45) is 5.73 Å². The molecule has 0 heterocycles. The number of carbonyl (C=O) groups is 3. The highest BCUT2D eigenvalue weighted by Crippen LogP contribution is 1.91. The van der Waals surface area contributed by atoms with Gasteiger partial charge in [-0.15, -0.1) is 0 Å². The molecule has 6 N–H and O–H groups in total. The van der Waals surface area contributed by atoms with Crippen molar-refractivity contribution in [2.45, 2.75) is 25.8 Å². The Hall–Kier alpha value is -1.83. The molecule has 0 aromatic rings. The molecule has 0 radical (unpaired) electrons. The number of hydrogen-bond acceptors (Lipinski definition) is 4. The number of carbonyl (C=O) groups excluding carboxylic acids is 2. The summed E-state index contributed by atoms with van der Waals surface area (Å²) in [6, 6.07) is -1.92. The van der Waals surface area contributed by atoms with Gasteiger partial charge in [0.1, 0.15) is 6.04 Å². The van der Waals surface area contributed by atoms with E-state index in [4.69, 9.17) is 10.8 Å². The summed E-state index contributed by atoms with van der Waals surface area (Å²) in [4.78, 5) is 32.6. The van der Waals surface area contributed by atoms with Crippen LogP contribution in [0.15, 0.2) is 0 Å². The van der Waals surface area contributed by atoms with Gasteiger partial charge in [-0.2, -0.15) is 0 Å². The summed E-state index contributed by atoms with van der Waals surface area (Å²) in [5.41, 5.74) is 4.88. The van der Waals surface area contributed by atoms with Crippen LogP contribution in [0.3, 0.4) is 0 Å². The topological polar surface area (TPSA) is 134 Å². The molecule has 0 aliphatic heterocycles. The van der Waals surface area contributed by atoms with Gasteiger partial charge in [0, 0.05) is 6.54 Å². The van der Waals surface area contributed by atoms with Crippen LogP contribution >= 0.6 is 0 Å². The summed E-state index contributed by atoms with van der Waals surface area (Å²) >= 11 is 0. The fourth-order valence-corrected chi connectivity index (χ4v) is 1.20. The Morgan fingerprint density at radius 1 is 1.28 bits per heavy atom. The van der Waals surface area contributed by atoms with Crippen LogP contribution in [-0.2, 0) is 9.59 Å². The zero-order chi connectivity index (χ0) is 14.0. The smallest absolute Gasteiger partial charge is 0.326 e. The number of primary amides is 1. The fourth-order valence-electron chi connectivity index (χ4n) is 1.20. The van der Waals surface area contributed by atoms with Crippen LogP contribution in [0.2, 0.25) is 0 Å². The van der Waals surface area contributed by atoms with Gasteiger partial charge >= 0.3 is 12.0 Å². The molecular weight excluding hydrogens is 240 g/mol. The quantitative estimate of drug-likeness (QED) is 0.326. The molecule has 0 aromatic heterocycles. The summed E-state index contributed by atoms with van der Waals surface area (Å²) in [5, 5.41) is 16.5. The highest BCUT2D eigenvalue weighted by atomic mass is 16.4. The van der Waals surface area contributed by atoms with Crippen LogP contribution in [0.1, 0.15) is 19.8 Å². The lowest BCUT2D eigenvalue weighted by atomic mass is 10.2. The number of rotatable bonds is 9. The number of urea groups is 1. The number of carboxylic acids is 1. The first-order chi connectivity index (χ1) is 8.47. The van der Waals surface area contributed by atoms with Gasteiger partial charge in [-0.25, -0.2) is 9.59 Å². The highest BCUT2D eigenvalue weighted by Gasteiger charge is 2.21. The van der Waals surface area contributed by atoms with Gasteiger partial charge < -0.3 is 26.8 Å². The van der Waals surface area contributed by atoms with Crippen LogP contribution in [0.5, 0.6) is 0 Å². The molecule has 8 heteroatoms. The van der Waals surface area contributed by atoms with Crippen molar-refractivity contribution in [1.82, 2.24) is 16.0 Å². The largest absolute Gasteiger partial charge is 0.480 e. The van der Waals surface area contributed by atoms with Crippen LogP contribution < -0.4 is 21.7 Å². The number of nitrogens with two attached hydrogens (primary N) is 1. The molecule has 0 aliphatic rings. The van der Waals surface area contributed by atoms with E-state index in [1.807, 2.05) is 6.92 Å². The van der Waals surface area contributed by atoms with Crippen molar-refractivity contribution >= 4 is 17.9 Å². The Morgan fingerprint density at radius 2 is 1.94 bits per heavy atom. The Kier molecular flexibility index (Phi) is 8.29. The second kappa shape index (κ2) is 9.23. The van der Waals surface area contributed by atoms with Gasteiger partial charge in [0.25, 0.3) is 0 Å². The summed E-state index contributed by atoms with van der Waals surface area (Å²) < 4.78 is 0. The first-order valence-corrected chi connectivity index (χ1v) is 5.73. The summed E-state index contributed by atoms with van der Waals surface area (Å²) in [6.45, 7) is 4.01. The third kappa shape index (κ3) is 8.34. The second-order valence-corrected chi connectivity index (χ2v) is 3.67. The minimum Gasteiger partial charge on any atom is -0.480 e. The van der Waals surface area contributed by atoms with Gasteiger partial charge in [0.15, 0.2) is 0 Å². The molecule has 0 bridgehead atoms. The Balaban J connectivity index is 3.88. The predicted octanol–water partition coefficient (Wildman–Crippen LogP) is -1.39. The first kappa shape index (κ1) is 16.2. The van der Waals surface area contributed by atoms with Gasteiger partial charge in [-0.3, -0.25) is 4.79 Å². The minimum atomic E-state index is -1.30. The van der Waals surface area contributed by atoms with E-state index in [-0.39, 0.29) is 0 Å². The summed E-state index contributed by atoms with van der Waals surface area (Å²) in [5.74, 6) is -2.08. The Morgan fingerprint density at radius 3 is 2.44 bits per heavy atom. The zero-order valence-corrected chi connectivity index (χ0v) is 10.4. The molecule has 3 amide bonds. The van der Waals surface area contributed by atoms with Crippen molar-refractivity contribution in [3.63, 3.8) is 0 Å². The van der Waals surface area contributed by atoms with E-state index in [1.54, 1.807) is 0 Å². The number of nitrogens with one attached hydrogen (secondary N) is 3. The van der Waals surface area contributed by atoms with Crippen LogP contribution in [0, 0.1) is 0 Å². The number of carboxylic acid groups (broad SMARTS) is 1. The van der Waals surface area contributed by atoms with E-state index in [2.05, 4.69) is 16.0 Å². The Labute approximate surface area is 105 Å². The molecule has 0 spiro atoms. The molecule has 1 unspecified atom stereocenters. The van der Waals surface area contributed by atoms with Gasteiger partial charge in [0.2, 0.25) is 5.91 Å². The Bertz CT molecular complexity index is 296. The van der Waals surface area contributed by atoms with Crippen LogP contribution in [0.25, 0.3) is 0 Å². The number of hydrogen-bond donors (Lipinski definition) is 5. The lowest BCUT2D eigenvalue weighted by molar-refractivity contribution is -0.140. The maximum atomic E-state index is 11.3. The van der Waals surface area contributed by atoms with Gasteiger partial charge in [-0.1, -0.05) is 6.92 Å². The molecule has 0 saturated heterocycles. The van der Waals surface area contributed by atoms with Crippen molar-refractivity contribution in [1.29, 1.82) is 0 Å². The normalized spacial score (nSPS) is 11.6. The van der Waals surface area contributed by atoms with E-state index < -0.39 is 30.4 Å². The van der Waals surface area contributed by atoms with E-state index in [0.717, 1.165) is 19.5 Å². The van der Waals surface area contributed by atoms with Crippen LogP contribution in [-0.4, -0.2) is 48.7 Å².